The van der Waals surface area contributed by atoms with Crippen molar-refractivity contribution >= 4 is 22.3 Å². The third-order valence-corrected chi connectivity index (χ3v) is 5.66. The van der Waals surface area contributed by atoms with Gasteiger partial charge in [-0.25, -0.2) is 4.79 Å². The van der Waals surface area contributed by atoms with E-state index < -0.39 is 28.5 Å². The molecule has 25 heavy (non-hydrogen) atoms. The Balaban J connectivity index is 1.66. The summed E-state index contributed by atoms with van der Waals surface area (Å²) in [6.45, 7) is 0.283. The van der Waals surface area contributed by atoms with Crippen LogP contribution in [0.25, 0.3) is 0 Å². The smallest absolute Gasteiger partial charge is 0.368 e. The summed E-state index contributed by atoms with van der Waals surface area (Å²) < 4.78 is 35.1. The molecule has 2 unspecified atom stereocenters. The Labute approximate surface area is 147 Å². The van der Waals surface area contributed by atoms with Gasteiger partial charge in [0.05, 0.1) is 12.1 Å². The summed E-state index contributed by atoms with van der Waals surface area (Å²) in [4.78, 5) is 16.0. The predicted octanol–water partition coefficient (Wildman–Crippen LogP) is 0.0390. The summed E-state index contributed by atoms with van der Waals surface area (Å²) in [5, 5.41) is 12.4. The first kappa shape index (κ1) is 18.4. The van der Waals surface area contributed by atoms with Crippen LogP contribution in [-0.2, 0) is 14.7 Å². The van der Waals surface area contributed by atoms with Crippen LogP contribution in [0.5, 0.6) is 0 Å². The molecule has 3 aliphatic rings. The number of hydrogen-bond acceptors (Lipinski definition) is 6. The molecule has 0 aromatic heterocycles. The van der Waals surface area contributed by atoms with E-state index in [1.54, 1.807) is 0 Å². The summed E-state index contributed by atoms with van der Waals surface area (Å²) in [5.74, 6) is 0.277. The Morgan fingerprint density at radius 2 is 2.04 bits per heavy atom. The van der Waals surface area contributed by atoms with Gasteiger partial charge in [0.2, 0.25) is 0 Å². The Morgan fingerprint density at radius 3 is 2.68 bits per heavy atom. The van der Waals surface area contributed by atoms with Crippen LogP contribution >= 0.6 is 0 Å². The van der Waals surface area contributed by atoms with Crippen LogP contribution in [0, 0.1) is 5.41 Å². The highest BCUT2D eigenvalue weighted by Crippen LogP contribution is 2.31. The first-order chi connectivity index (χ1) is 11.7. The van der Waals surface area contributed by atoms with E-state index in [1.807, 2.05) is 14.1 Å². The number of amidine groups is 1. The highest BCUT2D eigenvalue weighted by Gasteiger charge is 2.48. The lowest BCUT2D eigenvalue weighted by Crippen LogP contribution is -2.54. The van der Waals surface area contributed by atoms with Crippen LogP contribution in [0.1, 0.15) is 32.1 Å². The fraction of sp³-hybridized carbons (Fsp3) is 0.857. The molecule has 0 radical (unpaired) electrons. The highest BCUT2D eigenvalue weighted by atomic mass is 32.3. The van der Waals surface area contributed by atoms with Crippen LogP contribution in [0.4, 0.5) is 4.79 Å². The van der Waals surface area contributed by atoms with E-state index in [9.17, 15) is 13.2 Å². The normalized spacial score (nSPS) is 32.6. The number of hydrogen-bond donors (Lipinski definition) is 3. The summed E-state index contributed by atoms with van der Waals surface area (Å²) in [6, 6.07) is -0.970. The van der Waals surface area contributed by atoms with Crippen LogP contribution in [0.2, 0.25) is 0 Å². The maximum absolute atomic E-state index is 12.4. The number of hydroxylamine groups is 2. The molecule has 2 aliphatic heterocycles. The SMILES string of the molecule is CN(C)C1CCCC1NC(=N)[C@@H]1CC[C@@H]2CN1C(=O)N2OS(=O)(=O)O. The monoisotopic (exact) mass is 375 g/mol. The lowest BCUT2D eigenvalue weighted by atomic mass is 9.99. The molecular weight excluding hydrogens is 350 g/mol. The second-order valence-corrected chi connectivity index (χ2v) is 8.14. The van der Waals surface area contributed by atoms with Crippen molar-refractivity contribution in [3.05, 3.63) is 0 Å². The molecule has 2 amide bonds. The predicted molar refractivity (Wildman–Crippen MR) is 89.4 cm³/mol. The molecule has 2 bridgehead atoms. The van der Waals surface area contributed by atoms with Gasteiger partial charge in [-0.05, 0) is 46.2 Å². The van der Waals surface area contributed by atoms with Gasteiger partial charge in [0.25, 0.3) is 0 Å². The lowest BCUT2D eigenvalue weighted by molar-refractivity contribution is -0.0316. The summed E-state index contributed by atoms with van der Waals surface area (Å²) in [6.07, 6.45) is 4.20. The topological polar surface area (TPSA) is 126 Å². The first-order valence-corrected chi connectivity index (χ1v) is 9.82. The van der Waals surface area contributed by atoms with Gasteiger partial charge in [-0.1, -0.05) is 0 Å². The van der Waals surface area contributed by atoms with Crippen molar-refractivity contribution < 1.29 is 22.0 Å². The van der Waals surface area contributed by atoms with Crippen molar-refractivity contribution in [2.24, 2.45) is 0 Å². The van der Waals surface area contributed by atoms with Gasteiger partial charge >= 0.3 is 16.4 Å². The first-order valence-electron chi connectivity index (χ1n) is 8.45. The zero-order valence-corrected chi connectivity index (χ0v) is 15.2. The number of amides is 2. The molecule has 11 heteroatoms. The van der Waals surface area contributed by atoms with E-state index in [0.29, 0.717) is 23.9 Å². The van der Waals surface area contributed by atoms with Crippen LogP contribution < -0.4 is 5.32 Å². The molecule has 10 nitrogen and oxygen atoms in total. The molecule has 4 atom stereocenters. The van der Waals surface area contributed by atoms with Crippen molar-refractivity contribution in [3.63, 3.8) is 0 Å². The van der Waals surface area contributed by atoms with Crippen LogP contribution in [-0.4, -0.2) is 84.5 Å². The van der Waals surface area contributed by atoms with Crippen molar-refractivity contribution in [1.29, 1.82) is 5.41 Å². The average molecular weight is 375 g/mol. The molecule has 2 heterocycles. The van der Waals surface area contributed by atoms with Crippen molar-refractivity contribution in [2.45, 2.75) is 56.3 Å². The highest BCUT2D eigenvalue weighted by molar-refractivity contribution is 7.80. The molecule has 3 fully saturated rings. The van der Waals surface area contributed by atoms with E-state index in [1.165, 1.54) is 4.90 Å². The van der Waals surface area contributed by atoms with E-state index in [4.69, 9.17) is 9.96 Å². The van der Waals surface area contributed by atoms with E-state index in [0.717, 1.165) is 19.3 Å². The molecule has 1 saturated carbocycles. The van der Waals surface area contributed by atoms with Crippen LogP contribution in [0.15, 0.2) is 0 Å². The van der Waals surface area contributed by atoms with Crippen LogP contribution in [0.3, 0.4) is 0 Å². The van der Waals surface area contributed by atoms with Gasteiger partial charge in [-0.3, -0.25) is 9.96 Å². The van der Waals surface area contributed by atoms with E-state index in [-0.39, 0.29) is 18.4 Å². The molecule has 0 aromatic rings. The quantitative estimate of drug-likeness (QED) is 0.352. The van der Waals surface area contributed by atoms with Gasteiger partial charge in [-0.2, -0.15) is 13.5 Å². The number of carbonyl (C=O) groups excluding carboxylic acids is 1. The van der Waals surface area contributed by atoms with Gasteiger partial charge in [-0.15, -0.1) is 4.28 Å². The number of urea groups is 1. The van der Waals surface area contributed by atoms with E-state index in [2.05, 4.69) is 14.5 Å². The maximum atomic E-state index is 12.4. The molecule has 142 valence electrons. The molecule has 2 saturated heterocycles. The van der Waals surface area contributed by atoms with Gasteiger partial charge < -0.3 is 15.1 Å². The molecule has 0 spiro atoms. The number of nitrogens with one attached hydrogen (secondary N) is 2. The summed E-state index contributed by atoms with van der Waals surface area (Å²) in [7, 11) is -0.705. The number of rotatable bonds is 5. The zero-order chi connectivity index (χ0) is 18.4. The summed E-state index contributed by atoms with van der Waals surface area (Å²) >= 11 is 0. The zero-order valence-electron chi connectivity index (χ0n) is 14.4. The largest absolute Gasteiger partial charge is 0.418 e. The minimum absolute atomic E-state index is 0.170. The minimum atomic E-state index is -4.75. The Kier molecular flexibility index (Phi) is 4.93. The molecule has 3 N–H and O–H groups in total. The van der Waals surface area contributed by atoms with Gasteiger partial charge in [0, 0.05) is 18.6 Å². The van der Waals surface area contributed by atoms with Gasteiger partial charge in [0.1, 0.15) is 5.84 Å². The molecule has 3 rings (SSSR count). The Morgan fingerprint density at radius 1 is 1.32 bits per heavy atom. The second kappa shape index (κ2) is 6.71. The third kappa shape index (κ3) is 3.73. The maximum Gasteiger partial charge on any atom is 0.418 e. The van der Waals surface area contributed by atoms with Crippen molar-refractivity contribution in [2.75, 3.05) is 20.6 Å². The third-order valence-electron chi connectivity index (χ3n) is 5.31. The Bertz CT molecular complexity index is 654. The Hall–Kier alpha value is -1.43. The van der Waals surface area contributed by atoms with E-state index >= 15 is 0 Å². The van der Waals surface area contributed by atoms with Crippen molar-refractivity contribution in [3.8, 4) is 0 Å². The minimum Gasteiger partial charge on any atom is -0.368 e. The number of piperidine rings is 1. The lowest BCUT2D eigenvalue weighted by Gasteiger charge is -2.34. The number of fused-ring (bicyclic) bond motifs is 2. The van der Waals surface area contributed by atoms with Gasteiger partial charge in [0.15, 0.2) is 0 Å². The number of likely N-dealkylation sites (N-methyl/N-ethyl adjacent to an activating group) is 1. The number of carbonyl (C=O) groups is 1. The summed E-state index contributed by atoms with van der Waals surface area (Å²) in [5.41, 5.74) is 0. The molecular formula is C14H25N5O5S. The fourth-order valence-electron chi connectivity index (χ4n) is 4.15. The molecule has 1 aliphatic carbocycles. The van der Waals surface area contributed by atoms with Crippen molar-refractivity contribution in [1.82, 2.24) is 20.2 Å². The number of nitrogens with zero attached hydrogens (tertiary/aromatic N) is 3. The standard InChI is InChI=1S/C14H25N5O5S/c1-17(2)11-5-3-4-10(11)16-13(15)12-7-6-9-8-18(12)14(20)19(9)24-25(21,22)23/h9-12H,3-8H2,1-2H3,(H2,15,16)(H,21,22,23)/t9-,10?,11?,12+/m1/s1. The fourth-order valence-corrected chi connectivity index (χ4v) is 4.54. The second-order valence-electron chi connectivity index (χ2n) is 7.14. The molecule has 0 aromatic carbocycles. The average Bonchev–Trinajstić information content (AvgIpc) is 3.06.